The lowest BCUT2D eigenvalue weighted by Gasteiger charge is -2.11. The molecule has 0 aliphatic carbocycles. The third-order valence-electron chi connectivity index (χ3n) is 3.10. The van der Waals surface area contributed by atoms with Gasteiger partial charge < -0.3 is 10.1 Å². The molecule has 0 aliphatic rings. The van der Waals surface area contributed by atoms with Crippen molar-refractivity contribution in [2.75, 3.05) is 22.9 Å². The van der Waals surface area contributed by atoms with Crippen molar-refractivity contribution in [1.29, 1.82) is 0 Å². The van der Waals surface area contributed by atoms with Crippen LogP contribution in [-0.2, 0) is 14.8 Å². The number of carbonyl (C=O) groups is 2. The lowest BCUT2D eigenvalue weighted by molar-refractivity contribution is 0.0527. The van der Waals surface area contributed by atoms with E-state index >= 15 is 0 Å². The number of para-hydroxylation sites is 1. The SMILES string of the molecule is CCOC(=O)c1ccccc1NC(=O)c1cccc(NS(C)(=O)=O)c1. The van der Waals surface area contributed by atoms with E-state index in [1.165, 1.54) is 18.2 Å². The van der Waals surface area contributed by atoms with Crippen molar-refractivity contribution in [3.63, 3.8) is 0 Å². The summed E-state index contributed by atoms with van der Waals surface area (Å²) in [5.74, 6) is -1.01. The number of esters is 1. The fourth-order valence-electron chi connectivity index (χ4n) is 2.11. The number of carbonyl (C=O) groups excluding carboxylic acids is 2. The van der Waals surface area contributed by atoms with Crippen molar-refractivity contribution < 1.29 is 22.7 Å². The summed E-state index contributed by atoms with van der Waals surface area (Å²) in [6.45, 7) is 1.92. The third kappa shape index (κ3) is 5.32. The number of hydrogen-bond donors (Lipinski definition) is 2. The number of ether oxygens (including phenoxy) is 1. The molecule has 0 fully saturated rings. The van der Waals surface area contributed by atoms with E-state index in [1.807, 2.05) is 0 Å². The molecular formula is C17H18N2O5S. The van der Waals surface area contributed by atoms with Crippen molar-refractivity contribution in [2.24, 2.45) is 0 Å². The average Bonchev–Trinajstić information content (AvgIpc) is 2.54. The van der Waals surface area contributed by atoms with E-state index < -0.39 is 21.9 Å². The van der Waals surface area contributed by atoms with Gasteiger partial charge in [-0.1, -0.05) is 18.2 Å². The van der Waals surface area contributed by atoms with Crippen molar-refractivity contribution >= 4 is 33.3 Å². The minimum absolute atomic E-state index is 0.223. The molecule has 2 aromatic rings. The molecule has 0 atom stereocenters. The standard InChI is InChI=1S/C17H18N2O5S/c1-3-24-17(21)14-9-4-5-10-15(14)18-16(20)12-7-6-8-13(11-12)19-25(2,22)23/h4-11,19H,3H2,1-2H3,(H,18,20). The minimum atomic E-state index is -3.45. The molecule has 0 spiro atoms. The van der Waals surface area contributed by atoms with Crippen LogP contribution in [0.1, 0.15) is 27.6 Å². The molecule has 25 heavy (non-hydrogen) atoms. The molecule has 2 N–H and O–H groups in total. The predicted octanol–water partition coefficient (Wildman–Crippen LogP) is 2.49. The van der Waals surface area contributed by atoms with Crippen LogP contribution in [0.2, 0.25) is 0 Å². The van der Waals surface area contributed by atoms with E-state index in [4.69, 9.17) is 4.74 Å². The highest BCUT2D eigenvalue weighted by Gasteiger charge is 2.15. The molecule has 1 amide bonds. The molecule has 0 aliphatic heterocycles. The van der Waals surface area contributed by atoms with Gasteiger partial charge in [0.1, 0.15) is 0 Å². The van der Waals surface area contributed by atoms with Crippen molar-refractivity contribution in [2.45, 2.75) is 6.92 Å². The average molecular weight is 362 g/mol. The first-order valence-corrected chi connectivity index (χ1v) is 9.34. The number of benzene rings is 2. The quantitative estimate of drug-likeness (QED) is 0.769. The van der Waals surface area contributed by atoms with Crippen molar-refractivity contribution in [3.05, 3.63) is 59.7 Å². The fourth-order valence-corrected chi connectivity index (χ4v) is 2.67. The first-order valence-electron chi connectivity index (χ1n) is 7.45. The number of rotatable bonds is 6. The lowest BCUT2D eigenvalue weighted by atomic mass is 10.1. The van der Waals surface area contributed by atoms with Gasteiger partial charge in [0.15, 0.2) is 0 Å². The van der Waals surface area contributed by atoms with Gasteiger partial charge in [0.25, 0.3) is 5.91 Å². The number of sulfonamides is 1. The highest BCUT2D eigenvalue weighted by molar-refractivity contribution is 7.92. The monoisotopic (exact) mass is 362 g/mol. The number of anilines is 2. The van der Waals surface area contributed by atoms with Gasteiger partial charge in [0.05, 0.1) is 24.1 Å². The maximum absolute atomic E-state index is 12.4. The summed E-state index contributed by atoms with van der Waals surface area (Å²) in [5.41, 5.74) is 1.07. The topological polar surface area (TPSA) is 102 Å². The summed E-state index contributed by atoms with van der Waals surface area (Å²) in [6.07, 6.45) is 1.02. The molecule has 0 saturated carbocycles. The van der Waals surface area contributed by atoms with Gasteiger partial charge in [0.2, 0.25) is 10.0 Å². The Labute approximate surface area is 146 Å². The van der Waals surface area contributed by atoms with E-state index in [-0.39, 0.29) is 23.4 Å². The molecule has 2 rings (SSSR count). The Morgan fingerprint density at radius 3 is 2.48 bits per heavy atom. The van der Waals surface area contributed by atoms with Crippen LogP contribution >= 0.6 is 0 Å². The normalized spacial score (nSPS) is 10.8. The molecule has 132 valence electrons. The molecule has 0 aromatic heterocycles. The van der Waals surface area contributed by atoms with Crippen LogP contribution in [0.4, 0.5) is 11.4 Å². The lowest BCUT2D eigenvalue weighted by Crippen LogP contribution is -2.16. The zero-order valence-electron chi connectivity index (χ0n) is 13.8. The maximum atomic E-state index is 12.4. The molecule has 0 heterocycles. The Hall–Kier alpha value is -2.87. The predicted molar refractivity (Wildman–Crippen MR) is 95.3 cm³/mol. The summed E-state index contributed by atoms with van der Waals surface area (Å²) < 4.78 is 29.8. The second-order valence-corrected chi connectivity index (χ2v) is 6.92. The molecule has 7 nitrogen and oxygen atoms in total. The Bertz CT molecular complexity index is 893. The summed E-state index contributed by atoms with van der Waals surface area (Å²) >= 11 is 0. The van der Waals surface area contributed by atoms with Crippen LogP contribution in [-0.4, -0.2) is 33.2 Å². The zero-order chi connectivity index (χ0) is 18.4. The van der Waals surface area contributed by atoms with Gasteiger partial charge in [-0.25, -0.2) is 13.2 Å². The Morgan fingerprint density at radius 1 is 1.08 bits per heavy atom. The number of hydrogen-bond acceptors (Lipinski definition) is 5. The van der Waals surface area contributed by atoms with Crippen LogP contribution in [0.15, 0.2) is 48.5 Å². The van der Waals surface area contributed by atoms with Crippen molar-refractivity contribution in [1.82, 2.24) is 0 Å². The van der Waals surface area contributed by atoms with Gasteiger partial charge in [-0.15, -0.1) is 0 Å². The molecule has 8 heteroatoms. The molecular weight excluding hydrogens is 344 g/mol. The Balaban J connectivity index is 2.23. The molecule has 0 radical (unpaired) electrons. The van der Waals surface area contributed by atoms with Gasteiger partial charge in [-0.05, 0) is 37.3 Å². The summed E-state index contributed by atoms with van der Waals surface area (Å²) in [6, 6.07) is 12.5. The Morgan fingerprint density at radius 2 is 1.80 bits per heavy atom. The van der Waals surface area contributed by atoms with Gasteiger partial charge in [-0.3, -0.25) is 9.52 Å². The highest BCUT2D eigenvalue weighted by atomic mass is 32.2. The van der Waals surface area contributed by atoms with Crippen LogP contribution in [0.25, 0.3) is 0 Å². The number of nitrogens with one attached hydrogen (secondary N) is 2. The molecule has 2 aromatic carbocycles. The summed E-state index contributed by atoms with van der Waals surface area (Å²) in [5, 5.41) is 2.64. The van der Waals surface area contributed by atoms with Crippen molar-refractivity contribution in [3.8, 4) is 0 Å². The van der Waals surface area contributed by atoms with Gasteiger partial charge >= 0.3 is 5.97 Å². The first-order chi connectivity index (χ1) is 11.8. The third-order valence-corrected chi connectivity index (χ3v) is 3.71. The van der Waals surface area contributed by atoms with E-state index in [2.05, 4.69) is 10.0 Å². The first kappa shape index (κ1) is 18.5. The van der Waals surface area contributed by atoms with E-state index in [0.717, 1.165) is 6.26 Å². The maximum Gasteiger partial charge on any atom is 0.340 e. The Kier molecular flexibility index (Phi) is 5.76. The second-order valence-electron chi connectivity index (χ2n) is 5.18. The summed E-state index contributed by atoms with van der Waals surface area (Å²) in [7, 11) is -3.45. The number of amides is 1. The fraction of sp³-hybridized carbons (Fsp3) is 0.176. The van der Waals surface area contributed by atoms with Crippen LogP contribution < -0.4 is 10.0 Å². The molecule has 0 unspecified atom stereocenters. The zero-order valence-corrected chi connectivity index (χ0v) is 14.6. The van der Waals surface area contributed by atoms with E-state index in [9.17, 15) is 18.0 Å². The van der Waals surface area contributed by atoms with Gasteiger partial charge in [-0.2, -0.15) is 0 Å². The molecule has 0 bridgehead atoms. The van der Waals surface area contributed by atoms with Gasteiger partial charge in [0, 0.05) is 11.3 Å². The highest BCUT2D eigenvalue weighted by Crippen LogP contribution is 2.19. The smallest absolute Gasteiger partial charge is 0.340 e. The minimum Gasteiger partial charge on any atom is -0.462 e. The van der Waals surface area contributed by atoms with Crippen LogP contribution in [0.3, 0.4) is 0 Å². The largest absolute Gasteiger partial charge is 0.462 e. The van der Waals surface area contributed by atoms with Crippen LogP contribution in [0, 0.1) is 0 Å². The van der Waals surface area contributed by atoms with E-state index in [1.54, 1.807) is 37.3 Å². The molecule has 0 saturated heterocycles. The second kappa shape index (κ2) is 7.80. The van der Waals surface area contributed by atoms with E-state index in [0.29, 0.717) is 5.69 Å². The summed E-state index contributed by atoms with van der Waals surface area (Å²) in [4.78, 5) is 24.4. The van der Waals surface area contributed by atoms with Crippen LogP contribution in [0.5, 0.6) is 0 Å².